The molecule has 1 heterocycles. The molecule has 1 saturated carbocycles. The van der Waals surface area contributed by atoms with E-state index in [0.29, 0.717) is 11.8 Å². The lowest BCUT2D eigenvalue weighted by molar-refractivity contribution is -0.189. The first kappa shape index (κ1) is 13.9. The number of cyclic esters (lactones) is 1. The van der Waals surface area contributed by atoms with Crippen LogP contribution in [0, 0.1) is 11.3 Å². The van der Waals surface area contributed by atoms with Gasteiger partial charge in [0.1, 0.15) is 5.60 Å². The zero-order valence-electron chi connectivity index (χ0n) is 12.1. The van der Waals surface area contributed by atoms with Crippen LogP contribution in [0.3, 0.4) is 0 Å². The topological polar surface area (TPSA) is 35.5 Å². The predicted molar refractivity (Wildman–Crippen MR) is 70.3 cm³/mol. The van der Waals surface area contributed by atoms with Gasteiger partial charge in [-0.25, -0.2) is 0 Å². The number of carbonyl (C=O) groups is 1. The lowest BCUT2D eigenvalue weighted by Gasteiger charge is -2.47. The molecule has 1 saturated heterocycles. The van der Waals surface area contributed by atoms with E-state index in [2.05, 4.69) is 13.8 Å². The Morgan fingerprint density at radius 2 is 2.06 bits per heavy atom. The van der Waals surface area contributed by atoms with Gasteiger partial charge in [0.25, 0.3) is 0 Å². The van der Waals surface area contributed by atoms with E-state index >= 15 is 0 Å². The van der Waals surface area contributed by atoms with Crippen molar-refractivity contribution in [3.63, 3.8) is 0 Å². The Morgan fingerprint density at radius 3 is 2.56 bits per heavy atom. The fraction of sp³-hybridized carbons (Fsp3) is 0.933. The maximum absolute atomic E-state index is 11.5. The van der Waals surface area contributed by atoms with E-state index in [1.165, 1.54) is 12.8 Å². The van der Waals surface area contributed by atoms with Crippen molar-refractivity contribution in [2.24, 2.45) is 11.3 Å². The smallest absolute Gasteiger partial charge is 0.306 e. The molecule has 18 heavy (non-hydrogen) atoms. The summed E-state index contributed by atoms with van der Waals surface area (Å²) in [5, 5.41) is 0. The summed E-state index contributed by atoms with van der Waals surface area (Å²) in [6.07, 6.45) is 6.03. The summed E-state index contributed by atoms with van der Waals surface area (Å²) in [5.74, 6) is 0.700. The highest BCUT2D eigenvalue weighted by molar-refractivity contribution is 5.71. The van der Waals surface area contributed by atoms with E-state index in [1.54, 1.807) is 7.11 Å². The molecule has 0 aromatic carbocycles. The second kappa shape index (κ2) is 4.84. The molecule has 3 heteroatoms. The number of rotatable bonds is 4. The summed E-state index contributed by atoms with van der Waals surface area (Å²) in [6, 6.07) is 0. The minimum absolute atomic E-state index is 0.0541. The van der Waals surface area contributed by atoms with Crippen LogP contribution in [0.15, 0.2) is 0 Å². The first-order valence-electron chi connectivity index (χ1n) is 7.12. The molecule has 2 rings (SSSR count). The van der Waals surface area contributed by atoms with Gasteiger partial charge < -0.3 is 9.47 Å². The molecule has 0 aromatic heterocycles. The van der Waals surface area contributed by atoms with E-state index in [1.807, 2.05) is 6.92 Å². The molecule has 0 spiro atoms. The summed E-state index contributed by atoms with van der Waals surface area (Å²) >= 11 is 0. The van der Waals surface area contributed by atoms with Crippen LogP contribution in [0.4, 0.5) is 0 Å². The van der Waals surface area contributed by atoms with E-state index in [9.17, 15) is 4.79 Å². The highest BCUT2D eigenvalue weighted by Gasteiger charge is 2.45. The summed E-state index contributed by atoms with van der Waals surface area (Å²) < 4.78 is 11.1. The molecular formula is C15H26O3. The van der Waals surface area contributed by atoms with Crippen LogP contribution >= 0.6 is 0 Å². The Morgan fingerprint density at radius 1 is 1.33 bits per heavy atom. The summed E-state index contributed by atoms with van der Waals surface area (Å²) in [5.41, 5.74) is 0.0490. The molecule has 3 nitrogen and oxygen atoms in total. The molecule has 0 unspecified atom stereocenters. The SMILES string of the molecule is CO[C@@H]1CCC(=O)O[C@]1(C)CC[C@@H]1CCC1(C)C. The number of hydrogen-bond donors (Lipinski definition) is 0. The van der Waals surface area contributed by atoms with E-state index < -0.39 is 5.60 Å². The van der Waals surface area contributed by atoms with Crippen molar-refractivity contribution in [3.8, 4) is 0 Å². The van der Waals surface area contributed by atoms with Crippen LogP contribution in [-0.2, 0) is 14.3 Å². The Kier molecular flexibility index (Phi) is 3.72. The molecule has 2 aliphatic rings. The number of esters is 1. The average molecular weight is 254 g/mol. The van der Waals surface area contributed by atoms with Crippen LogP contribution < -0.4 is 0 Å². The van der Waals surface area contributed by atoms with Gasteiger partial charge in [0.15, 0.2) is 0 Å². The first-order chi connectivity index (χ1) is 8.37. The van der Waals surface area contributed by atoms with Gasteiger partial charge in [0.05, 0.1) is 6.10 Å². The minimum atomic E-state index is -0.421. The molecule has 1 aliphatic carbocycles. The molecule has 0 amide bonds. The van der Waals surface area contributed by atoms with Gasteiger partial charge in [-0.2, -0.15) is 0 Å². The van der Waals surface area contributed by atoms with Gasteiger partial charge in [-0.15, -0.1) is 0 Å². The predicted octanol–water partition coefficient (Wildman–Crippen LogP) is 3.31. The molecule has 1 aliphatic heterocycles. The minimum Gasteiger partial charge on any atom is -0.457 e. The van der Waals surface area contributed by atoms with Crippen molar-refractivity contribution in [1.29, 1.82) is 0 Å². The highest BCUT2D eigenvalue weighted by Crippen LogP contribution is 2.49. The molecule has 0 bridgehead atoms. The summed E-state index contributed by atoms with van der Waals surface area (Å²) in [4.78, 5) is 11.5. The van der Waals surface area contributed by atoms with Crippen LogP contribution in [0.25, 0.3) is 0 Å². The Labute approximate surface area is 110 Å². The maximum Gasteiger partial charge on any atom is 0.306 e. The number of carbonyl (C=O) groups excluding carboxylic acids is 1. The van der Waals surface area contributed by atoms with E-state index in [0.717, 1.165) is 25.2 Å². The Balaban J connectivity index is 1.94. The average Bonchev–Trinajstić information content (AvgIpc) is 2.27. The van der Waals surface area contributed by atoms with Crippen molar-refractivity contribution < 1.29 is 14.3 Å². The molecule has 0 radical (unpaired) electrons. The largest absolute Gasteiger partial charge is 0.457 e. The quantitative estimate of drug-likeness (QED) is 0.722. The van der Waals surface area contributed by atoms with Gasteiger partial charge >= 0.3 is 5.97 Å². The van der Waals surface area contributed by atoms with Crippen LogP contribution in [0.5, 0.6) is 0 Å². The zero-order valence-corrected chi connectivity index (χ0v) is 12.1. The van der Waals surface area contributed by atoms with Crippen LogP contribution in [-0.4, -0.2) is 24.8 Å². The highest BCUT2D eigenvalue weighted by atomic mass is 16.6. The Bertz CT molecular complexity index is 324. The third-order valence-electron chi connectivity index (χ3n) is 5.15. The molecular weight excluding hydrogens is 228 g/mol. The van der Waals surface area contributed by atoms with E-state index in [4.69, 9.17) is 9.47 Å². The maximum atomic E-state index is 11.5. The lowest BCUT2D eigenvalue weighted by Crippen LogP contribution is -2.49. The van der Waals surface area contributed by atoms with Crippen LogP contribution in [0.1, 0.15) is 59.3 Å². The van der Waals surface area contributed by atoms with Crippen molar-refractivity contribution in [2.45, 2.75) is 71.0 Å². The third kappa shape index (κ3) is 2.56. The molecule has 3 atom stereocenters. The molecule has 0 aromatic rings. The van der Waals surface area contributed by atoms with E-state index in [-0.39, 0.29) is 12.1 Å². The number of methoxy groups -OCH3 is 1. The molecule has 0 N–H and O–H groups in total. The van der Waals surface area contributed by atoms with Crippen molar-refractivity contribution in [3.05, 3.63) is 0 Å². The van der Waals surface area contributed by atoms with Crippen molar-refractivity contribution in [2.75, 3.05) is 7.11 Å². The zero-order chi connectivity index (χ0) is 13.4. The monoisotopic (exact) mass is 254 g/mol. The first-order valence-corrected chi connectivity index (χ1v) is 7.12. The lowest BCUT2D eigenvalue weighted by atomic mass is 9.60. The third-order valence-corrected chi connectivity index (χ3v) is 5.15. The van der Waals surface area contributed by atoms with Gasteiger partial charge in [-0.05, 0) is 50.4 Å². The van der Waals surface area contributed by atoms with Gasteiger partial charge in [-0.1, -0.05) is 13.8 Å². The summed E-state index contributed by atoms with van der Waals surface area (Å²) in [7, 11) is 1.72. The Hall–Kier alpha value is -0.570. The molecule has 2 fully saturated rings. The van der Waals surface area contributed by atoms with Crippen LogP contribution in [0.2, 0.25) is 0 Å². The van der Waals surface area contributed by atoms with Gasteiger partial charge in [-0.3, -0.25) is 4.79 Å². The molecule has 104 valence electrons. The fourth-order valence-electron chi connectivity index (χ4n) is 3.43. The number of hydrogen-bond acceptors (Lipinski definition) is 3. The second-order valence-electron chi connectivity index (χ2n) is 6.81. The normalized spacial score (nSPS) is 39.0. The van der Waals surface area contributed by atoms with Gasteiger partial charge in [0, 0.05) is 13.5 Å². The standard InChI is InChI=1S/C15H26O3/c1-14(2)9-7-11(14)8-10-15(3)12(17-4)5-6-13(16)18-15/h11-12H,5-10H2,1-4H3/t11-,12+,15+/m0/s1. The van der Waals surface area contributed by atoms with Gasteiger partial charge in [0.2, 0.25) is 0 Å². The van der Waals surface area contributed by atoms with Crippen molar-refractivity contribution in [1.82, 2.24) is 0 Å². The number of ether oxygens (including phenoxy) is 2. The van der Waals surface area contributed by atoms with Crippen molar-refractivity contribution >= 4 is 5.97 Å². The second-order valence-corrected chi connectivity index (χ2v) is 6.81. The summed E-state index contributed by atoms with van der Waals surface area (Å²) in [6.45, 7) is 6.71. The fourth-order valence-corrected chi connectivity index (χ4v) is 3.43.